The van der Waals surface area contributed by atoms with Gasteiger partial charge in [0, 0.05) is 120 Å². The van der Waals surface area contributed by atoms with Crippen LogP contribution in [0.15, 0.2) is 72.8 Å². The molecule has 1 fully saturated rings. The van der Waals surface area contributed by atoms with Gasteiger partial charge in [0.1, 0.15) is 11.6 Å². The molecular weight excluding hydrogens is 788 g/mol. The van der Waals surface area contributed by atoms with Gasteiger partial charge in [-0.15, -0.1) is 11.3 Å². The minimum Gasteiger partial charge on any atom is -0.461 e. The molecule has 0 aliphatic carbocycles. The second-order valence-corrected chi connectivity index (χ2v) is 14.5. The summed E-state index contributed by atoms with van der Waals surface area (Å²) < 4.78 is 7.26. The number of anilines is 3. The quantitative estimate of drug-likeness (QED) is 0.0853. The molecule has 1 aliphatic heterocycles. The molecular formula is C40H56CoN12O3S. The average molecular weight is 844 g/mol. The van der Waals surface area contributed by atoms with Crippen molar-refractivity contribution >= 4 is 45.0 Å². The van der Waals surface area contributed by atoms with E-state index in [0.29, 0.717) is 44.7 Å². The minimum absolute atomic E-state index is 0. The first-order valence-corrected chi connectivity index (χ1v) is 20.0. The van der Waals surface area contributed by atoms with Gasteiger partial charge < -0.3 is 47.0 Å². The van der Waals surface area contributed by atoms with E-state index in [1.807, 2.05) is 37.4 Å². The summed E-state index contributed by atoms with van der Waals surface area (Å²) >= 11 is 1.70. The summed E-state index contributed by atoms with van der Waals surface area (Å²) in [6.45, 7) is 13.0. The number of hydrogen-bond donors (Lipinski definition) is 6. The van der Waals surface area contributed by atoms with Gasteiger partial charge in [-0.2, -0.15) is 15.0 Å². The van der Waals surface area contributed by atoms with Gasteiger partial charge in [0.05, 0.1) is 16.8 Å². The fraction of sp³-hybridized carbons (Fsp3) is 0.425. The van der Waals surface area contributed by atoms with Crippen molar-refractivity contribution in [1.29, 1.82) is 0 Å². The summed E-state index contributed by atoms with van der Waals surface area (Å²) in [5, 5.41) is 21.0. The Morgan fingerprint density at radius 2 is 1.49 bits per heavy atom. The van der Waals surface area contributed by atoms with Crippen LogP contribution in [0, 0.1) is 6.92 Å². The molecule has 1 amide bonds. The fourth-order valence-electron chi connectivity index (χ4n) is 6.09. The number of carbonyl (C=O) groups is 1. The molecule has 3 heterocycles. The standard InChI is InChI=1S/C40H54N12O2S.Co.H2O/c1-30-7-3-4-8-32(30)29-46-39-48-38(45-16-15-36(53)44-23-26-52-24-21-42-19-17-41-18-20-43-22-25-52)49-40(50-39)54-28-27-51(2)33-13-11-31(12-14-33)37-47-34-9-5-6-10-35(34)55-37;;/h3-14,41-43H,15-29H2,1-2H3,(H,44,53)(H2,45,46,48,49,50);;1H2. The topological polar surface area (TPSA) is 188 Å². The van der Waals surface area contributed by atoms with Gasteiger partial charge in [-0.3, -0.25) is 9.69 Å². The van der Waals surface area contributed by atoms with Crippen LogP contribution >= 0.6 is 11.3 Å². The van der Waals surface area contributed by atoms with Gasteiger partial charge in [-0.1, -0.05) is 36.4 Å². The third-order valence-corrected chi connectivity index (χ3v) is 10.5. The number of nitrogens with one attached hydrogen (secondary N) is 6. The van der Waals surface area contributed by atoms with E-state index >= 15 is 0 Å². The molecule has 0 bridgehead atoms. The Hall–Kier alpha value is -4.46. The van der Waals surface area contributed by atoms with Crippen molar-refractivity contribution in [3.05, 3.63) is 83.9 Å². The number of likely N-dealkylation sites (N-methyl/N-ethyl adjacent to an activating group) is 1. The molecule has 0 spiro atoms. The van der Waals surface area contributed by atoms with Crippen LogP contribution in [0.4, 0.5) is 17.6 Å². The maximum absolute atomic E-state index is 12.8. The Balaban J connectivity index is 0.00000360. The second kappa shape index (κ2) is 24.3. The van der Waals surface area contributed by atoms with E-state index in [0.717, 1.165) is 86.2 Å². The Bertz CT molecular complexity index is 1890. The molecule has 15 nitrogen and oxygen atoms in total. The third kappa shape index (κ3) is 14.8. The zero-order chi connectivity index (χ0) is 38.1. The molecule has 0 unspecified atom stereocenters. The van der Waals surface area contributed by atoms with Crippen LogP contribution in [0.2, 0.25) is 0 Å². The summed E-state index contributed by atoms with van der Waals surface area (Å²) in [5.74, 6) is 0.715. The van der Waals surface area contributed by atoms with Crippen molar-refractivity contribution in [2.75, 3.05) is 108 Å². The first-order valence-electron chi connectivity index (χ1n) is 19.2. The van der Waals surface area contributed by atoms with Crippen LogP contribution in [-0.2, 0) is 28.1 Å². The smallest absolute Gasteiger partial charge is 0.323 e. The van der Waals surface area contributed by atoms with E-state index in [4.69, 9.17) is 9.72 Å². The van der Waals surface area contributed by atoms with E-state index in [1.165, 1.54) is 10.3 Å². The van der Waals surface area contributed by atoms with Crippen LogP contribution in [0.25, 0.3) is 20.8 Å². The molecule has 3 aromatic carbocycles. The molecule has 1 radical (unpaired) electrons. The molecule has 1 saturated heterocycles. The maximum Gasteiger partial charge on any atom is 0.323 e. The van der Waals surface area contributed by atoms with Crippen molar-refractivity contribution in [2.24, 2.45) is 0 Å². The Morgan fingerprint density at radius 3 is 2.21 bits per heavy atom. The SMILES string of the molecule is Cc1ccccc1CNc1nc(NCCC(=O)NCCN2CCNCCNCCNCC2)nc(OCCN(C)c2ccc(-c3nc4ccccc4s3)cc2)n1.O.[Co]. The van der Waals surface area contributed by atoms with Crippen molar-refractivity contribution < 1.29 is 31.8 Å². The van der Waals surface area contributed by atoms with Crippen LogP contribution in [0.3, 0.4) is 0 Å². The van der Waals surface area contributed by atoms with E-state index < -0.39 is 0 Å². The predicted molar refractivity (Wildman–Crippen MR) is 227 cm³/mol. The third-order valence-electron chi connectivity index (χ3n) is 9.37. The zero-order valence-electron chi connectivity index (χ0n) is 32.8. The number of nitrogens with zero attached hydrogens (tertiary/aromatic N) is 6. The first kappa shape index (κ1) is 45.2. The molecule has 0 atom stereocenters. The minimum atomic E-state index is -0.0243. The number of carbonyl (C=O) groups excluding carboxylic acids is 1. The van der Waals surface area contributed by atoms with Gasteiger partial charge in [0.25, 0.3) is 0 Å². The summed E-state index contributed by atoms with van der Waals surface area (Å²) in [4.78, 5) is 35.7. The zero-order valence-corrected chi connectivity index (χ0v) is 34.6. The molecule has 17 heteroatoms. The summed E-state index contributed by atoms with van der Waals surface area (Å²) in [5.41, 5.74) is 5.50. The molecule has 309 valence electrons. The van der Waals surface area contributed by atoms with E-state index in [1.54, 1.807) is 11.3 Å². The maximum atomic E-state index is 12.8. The second-order valence-electron chi connectivity index (χ2n) is 13.5. The fourth-order valence-corrected chi connectivity index (χ4v) is 7.06. The number of aryl methyl sites for hydroxylation is 1. The Morgan fingerprint density at radius 1 is 0.825 bits per heavy atom. The molecule has 57 heavy (non-hydrogen) atoms. The van der Waals surface area contributed by atoms with Gasteiger partial charge in [0.2, 0.25) is 17.8 Å². The molecule has 6 rings (SSSR count). The molecule has 1 aliphatic rings. The molecule has 0 saturated carbocycles. The van der Waals surface area contributed by atoms with Crippen LogP contribution in [0.5, 0.6) is 6.01 Å². The number of para-hydroxylation sites is 1. The normalized spacial score (nSPS) is 13.9. The van der Waals surface area contributed by atoms with Crippen LogP contribution < -0.4 is 41.5 Å². The largest absolute Gasteiger partial charge is 0.461 e. The first-order chi connectivity index (χ1) is 27.0. The number of fused-ring (bicyclic) bond motifs is 1. The van der Waals surface area contributed by atoms with Crippen molar-refractivity contribution in [1.82, 2.24) is 46.1 Å². The number of ether oxygens (including phenoxy) is 1. The number of aromatic nitrogens is 4. The van der Waals surface area contributed by atoms with Crippen molar-refractivity contribution in [2.45, 2.75) is 19.9 Å². The van der Waals surface area contributed by atoms with Gasteiger partial charge >= 0.3 is 6.01 Å². The molecule has 5 aromatic rings. The summed E-state index contributed by atoms with van der Waals surface area (Å²) in [6.07, 6.45) is 0.284. The van der Waals surface area contributed by atoms with Crippen molar-refractivity contribution in [3.8, 4) is 16.6 Å². The number of thiazole rings is 1. The number of amides is 1. The Labute approximate surface area is 349 Å². The van der Waals surface area contributed by atoms with Crippen molar-refractivity contribution in [3.63, 3.8) is 0 Å². The van der Waals surface area contributed by atoms with Gasteiger partial charge in [-0.05, 0) is 54.4 Å². The van der Waals surface area contributed by atoms with Crippen LogP contribution in [0.1, 0.15) is 17.5 Å². The van der Waals surface area contributed by atoms with E-state index in [2.05, 4.69) is 106 Å². The molecule has 2 aromatic heterocycles. The number of benzene rings is 3. The Kier molecular flexibility index (Phi) is 19.3. The number of hydrogen-bond acceptors (Lipinski definition) is 14. The number of rotatable bonds is 16. The monoisotopic (exact) mass is 843 g/mol. The van der Waals surface area contributed by atoms with E-state index in [-0.39, 0.29) is 40.6 Å². The van der Waals surface area contributed by atoms with Crippen LogP contribution in [-0.4, -0.2) is 128 Å². The summed E-state index contributed by atoms with van der Waals surface area (Å²) in [7, 11) is 2.03. The van der Waals surface area contributed by atoms with E-state index in [9.17, 15) is 4.79 Å². The van der Waals surface area contributed by atoms with Gasteiger partial charge in [-0.25, -0.2) is 4.98 Å². The van der Waals surface area contributed by atoms with Gasteiger partial charge in [0.15, 0.2) is 0 Å². The molecule has 8 N–H and O–H groups in total. The average Bonchev–Trinajstić information content (AvgIpc) is 3.63. The summed E-state index contributed by atoms with van der Waals surface area (Å²) in [6, 6.07) is 25.0. The predicted octanol–water partition coefficient (Wildman–Crippen LogP) is 2.76.